The molecular weight excluding hydrogens is 438 g/mol. The van der Waals surface area contributed by atoms with Crippen LogP contribution in [0.1, 0.15) is 36.0 Å². The number of carbonyl (C=O) groups excluding carboxylic acids is 1. The van der Waals surface area contributed by atoms with E-state index in [1.54, 1.807) is 12.1 Å². The number of ketones is 1. The van der Waals surface area contributed by atoms with E-state index in [1.165, 1.54) is 4.31 Å². The number of rotatable bonds is 6. The van der Waals surface area contributed by atoms with E-state index in [0.717, 1.165) is 27.6 Å². The largest absolute Gasteiger partial charge is 0.299 e. The second kappa shape index (κ2) is 8.89. The van der Waals surface area contributed by atoms with Crippen LogP contribution < -0.4 is 0 Å². The maximum atomic E-state index is 12.9. The molecule has 0 radical (unpaired) electrons. The Morgan fingerprint density at radius 3 is 2.18 bits per heavy atom. The molecule has 0 bridgehead atoms. The fourth-order valence-corrected chi connectivity index (χ4v) is 5.70. The normalized spacial score (nSPS) is 16.2. The van der Waals surface area contributed by atoms with Crippen LogP contribution in [0.3, 0.4) is 0 Å². The summed E-state index contributed by atoms with van der Waals surface area (Å²) in [7, 11) is -3.50. The minimum atomic E-state index is -3.50. The van der Waals surface area contributed by atoms with Crippen LogP contribution in [0.2, 0.25) is 0 Å². The van der Waals surface area contributed by atoms with Gasteiger partial charge in [-0.05, 0) is 74.1 Å². The number of benzene rings is 2. The molecule has 6 heteroatoms. The van der Waals surface area contributed by atoms with E-state index >= 15 is 0 Å². The van der Waals surface area contributed by atoms with Gasteiger partial charge >= 0.3 is 0 Å². The van der Waals surface area contributed by atoms with Crippen LogP contribution >= 0.6 is 15.9 Å². The number of hydrogen-bond acceptors (Lipinski definition) is 3. The highest BCUT2D eigenvalue weighted by Gasteiger charge is 2.31. The molecule has 4 nitrogen and oxygen atoms in total. The van der Waals surface area contributed by atoms with Crippen LogP contribution in [-0.2, 0) is 21.2 Å². The van der Waals surface area contributed by atoms with Crippen LogP contribution in [-0.4, -0.2) is 31.6 Å². The molecule has 1 heterocycles. The van der Waals surface area contributed by atoms with Gasteiger partial charge in [-0.2, -0.15) is 4.31 Å². The Morgan fingerprint density at radius 1 is 1.04 bits per heavy atom. The zero-order valence-corrected chi connectivity index (χ0v) is 18.7. The second-order valence-corrected chi connectivity index (χ2v) is 10.4. The monoisotopic (exact) mass is 463 g/mol. The maximum Gasteiger partial charge on any atom is 0.243 e. The van der Waals surface area contributed by atoms with Gasteiger partial charge < -0.3 is 0 Å². The molecule has 1 aliphatic heterocycles. The van der Waals surface area contributed by atoms with Crippen molar-refractivity contribution >= 4 is 31.7 Å². The third-order valence-corrected chi connectivity index (χ3v) is 7.72. The van der Waals surface area contributed by atoms with Gasteiger partial charge in [0.2, 0.25) is 10.0 Å². The first-order valence-corrected chi connectivity index (χ1v) is 11.8. The molecular formula is C22H26BrNO3S. The Kier molecular flexibility index (Phi) is 6.73. The Hall–Kier alpha value is -1.50. The van der Waals surface area contributed by atoms with Crippen molar-refractivity contribution in [3.8, 4) is 0 Å². The zero-order valence-electron chi connectivity index (χ0n) is 16.3. The molecule has 1 saturated heterocycles. The summed E-state index contributed by atoms with van der Waals surface area (Å²) in [6.45, 7) is 4.62. The van der Waals surface area contributed by atoms with E-state index in [-0.39, 0.29) is 11.7 Å². The van der Waals surface area contributed by atoms with E-state index in [1.807, 2.05) is 44.2 Å². The number of aryl methyl sites for hydroxylation is 3. The average molecular weight is 464 g/mol. The van der Waals surface area contributed by atoms with Crippen molar-refractivity contribution in [3.05, 3.63) is 63.6 Å². The molecule has 0 aliphatic carbocycles. The summed E-state index contributed by atoms with van der Waals surface area (Å²) in [6, 6.07) is 13.4. The van der Waals surface area contributed by atoms with Crippen LogP contribution in [0.5, 0.6) is 0 Å². The lowest BCUT2D eigenvalue weighted by molar-refractivity contribution is -0.123. The van der Waals surface area contributed by atoms with Crippen LogP contribution in [0.4, 0.5) is 0 Å². The van der Waals surface area contributed by atoms with Gasteiger partial charge in [-0.15, -0.1) is 0 Å². The molecule has 0 atom stereocenters. The number of halogens is 1. The Balaban J connectivity index is 1.57. The summed E-state index contributed by atoms with van der Waals surface area (Å²) in [6.07, 6.45) is 2.44. The van der Waals surface area contributed by atoms with Crippen molar-refractivity contribution in [2.24, 2.45) is 5.92 Å². The molecule has 1 fully saturated rings. The minimum Gasteiger partial charge on any atom is -0.299 e. The predicted octanol–water partition coefficient (Wildman–Crippen LogP) is 4.67. The van der Waals surface area contributed by atoms with Crippen LogP contribution in [0.15, 0.2) is 51.8 Å². The molecule has 0 saturated carbocycles. The van der Waals surface area contributed by atoms with Gasteiger partial charge in [-0.3, -0.25) is 4.79 Å². The number of hydrogen-bond donors (Lipinski definition) is 0. The lowest BCUT2D eigenvalue weighted by atomic mass is 9.90. The first kappa shape index (κ1) is 21.2. The summed E-state index contributed by atoms with van der Waals surface area (Å²) >= 11 is 3.41. The molecule has 150 valence electrons. The number of Topliss-reactive ketones (excluding diaryl/α,β-unsaturated/α-hetero) is 1. The highest BCUT2D eigenvalue weighted by molar-refractivity contribution is 9.10. The molecule has 3 rings (SSSR count). The SMILES string of the molecule is Cc1cc(C)cc(S(=O)(=O)N2CCC(C(=O)CCc3ccc(Br)cc3)CC2)c1. The van der Waals surface area contributed by atoms with Gasteiger partial charge in [0, 0.05) is 29.9 Å². The summed E-state index contributed by atoms with van der Waals surface area (Å²) < 4.78 is 28.4. The molecule has 0 amide bonds. The van der Waals surface area contributed by atoms with Crippen molar-refractivity contribution in [1.82, 2.24) is 4.31 Å². The Bertz CT molecular complexity index is 926. The first-order chi connectivity index (χ1) is 13.3. The molecule has 2 aromatic carbocycles. The van der Waals surface area contributed by atoms with Crippen molar-refractivity contribution in [3.63, 3.8) is 0 Å². The number of sulfonamides is 1. The van der Waals surface area contributed by atoms with Crippen molar-refractivity contribution in [1.29, 1.82) is 0 Å². The van der Waals surface area contributed by atoms with Gasteiger partial charge in [-0.25, -0.2) is 8.42 Å². The van der Waals surface area contributed by atoms with Gasteiger partial charge in [-0.1, -0.05) is 34.1 Å². The molecule has 0 unspecified atom stereocenters. The van der Waals surface area contributed by atoms with Crippen molar-refractivity contribution in [2.45, 2.75) is 44.4 Å². The average Bonchev–Trinajstić information content (AvgIpc) is 2.66. The second-order valence-electron chi connectivity index (χ2n) is 7.59. The third kappa shape index (κ3) is 5.10. The molecule has 0 spiro atoms. The predicted molar refractivity (Wildman–Crippen MR) is 115 cm³/mol. The summed E-state index contributed by atoms with van der Waals surface area (Å²) in [5.74, 6) is 0.201. The smallest absolute Gasteiger partial charge is 0.243 e. The molecule has 1 aliphatic rings. The Labute approximate surface area is 176 Å². The number of piperidine rings is 1. The van der Waals surface area contributed by atoms with E-state index in [4.69, 9.17) is 0 Å². The van der Waals surface area contributed by atoms with Crippen molar-refractivity contribution < 1.29 is 13.2 Å². The highest BCUT2D eigenvalue weighted by atomic mass is 79.9. The fourth-order valence-electron chi connectivity index (χ4n) is 3.77. The summed E-state index contributed by atoms with van der Waals surface area (Å²) in [5, 5.41) is 0. The van der Waals surface area contributed by atoms with Gasteiger partial charge in [0.1, 0.15) is 5.78 Å². The quantitative estimate of drug-likeness (QED) is 0.625. The number of carbonyl (C=O) groups is 1. The van der Waals surface area contributed by atoms with Crippen LogP contribution in [0, 0.1) is 19.8 Å². The van der Waals surface area contributed by atoms with E-state index in [2.05, 4.69) is 15.9 Å². The van der Waals surface area contributed by atoms with E-state index in [0.29, 0.717) is 37.2 Å². The minimum absolute atomic E-state index is 0.0406. The topological polar surface area (TPSA) is 54.5 Å². The molecule has 0 N–H and O–H groups in total. The highest BCUT2D eigenvalue weighted by Crippen LogP contribution is 2.26. The fraction of sp³-hybridized carbons (Fsp3) is 0.409. The third-order valence-electron chi connectivity index (χ3n) is 5.32. The molecule has 2 aromatic rings. The summed E-state index contributed by atoms with van der Waals surface area (Å²) in [5.41, 5.74) is 3.03. The van der Waals surface area contributed by atoms with Crippen LogP contribution in [0.25, 0.3) is 0 Å². The van der Waals surface area contributed by atoms with Crippen molar-refractivity contribution in [2.75, 3.05) is 13.1 Å². The maximum absolute atomic E-state index is 12.9. The van der Waals surface area contributed by atoms with Gasteiger partial charge in [0.15, 0.2) is 0 Å². The summed E-state index contributed by atoms with van der Waals surface area (Å²) in [4.78, 5) is 12.9. The zero-order chi connectivity index (χ0) is 20.3. The van der Waals surface area contributed by atoms with E-state index in [9.17, 15) is 13.2 Å². The first-order valence-electron chi connectivity index (χ1n) is 9.61. The molecule has 28 heavy (non-hydrogen) atoms. The standard InChI is InChI=1S/C22H26BrNO3S/c1-16-13-17(2)15-21(14-16)28(26,27)24-11-9-19(10-12-24)22(25)8-5-18-3-6-20(23)7-4-18/h3-4,6-7,13-15,19H,5,8-12H2,1-2H3. The lowest BCUT2D eigenvalue weighted by Gasteiger charge is -2.30. The molecule has 0 aromatic heterocycles. The number of nitrogens with zero attached hydrogens (tertiary/aromatic N) is 1. The van der Waals surface area contributed by atoms with Gasteiger partial charge in [0.05, 0.1) is 4.90 Å². The lowest BCUT2D eigenvalue weighted by Crippen LogP contribution is -2.40. The Morgan fingerprint density at radius 2 is 1.61 bits per heavy atom. The van der Waals surface area contributed by atoms with Gasteiger partial charge in [0.25, 0.3) is 0 Å². The van der Waals surface area contributed by atoms with E-state index < -0.39 is 10.0 Å².